The third kappa shape index (κ3) is 0.754. The third-order valence-corrected chi connectivity index (χ3v) is 2.13. The molecule has 0 aromatic carbocycles. The van der Waals surface area contributed by atoms with Crippen molar-refractivity contribution < 1.29 is 4.74 Å². The zero-order valence-electron chi connectivity index (χ0n) is 6.90. The molecule has 1 atom stereocenters. The van der Waals surface area contributed by atoms with Crippen LogP contribution in [-0.4, -0.2) is 16.3 Å². The van der Waals surface area contributed by atoms with Gasteiger partial charge in [-0.3, -0.25) is 19.7 Å². The molecule has 0 spiro atoms. The smallest absolute Gasteiger partial charge is 0.327 e. The van der Waals surface area contributed by atoms with Gasteiger partial charge in [0.1, 0.15) is 12.1 Å². The number of hydrogen-bond acceptors (Lipinski definition) is 5. The molecule has 7 heteroatoms. The summed E-state index contributed by atoms with van der Waals surface area (Å²) in [5, 5.41) is 2.84. The predicted octanol–water partition coefficient (Wildman–Crippen LogP) is -0.920. The number of nitrogens with one attached hydrogen (secondary N) is 3. The number of nitrogens with zero attached hydrogens (tertiary/aromatic N) is 1. The molecule has 0 aliphatic carbocycles. The van der Waals surface area contributed by atoms with Crippen molar-refractivity contribution in [1.82, 2.24) is 9.97 Å². The highest BCUT2D eigenvalue weighted by molar-refractivity contribution is 5.72. The second kappa shape index (κ2) is 2.19. The van der Waals surface area contributed by atoms with Gasteiger partial charge in [0, 0.05) is 6.20 Å². The number of fused-ring (bicyclic) bond motifs is 3. The Bertz CT molecular complexity index is 528. The number of ether oxygens (including phenoxy) is 1. The molecule has 3 rings (SSSR count). The second-order valence-electron chi connectivity index (χ2n) is 2.96. The summed E-state index contributed by atoms with van der Waals surface area (Å²) >= 11 is 0. The number of anilines is 2. The average Bonchev–Trinajstić information content (AvgIpc) is 2.60. The van der Waals surface area contributed by atoms with Gasteiger partial charge >= 0.3 is 5.69 Å². The molecule has 0 bridgehead atoms. The van der Waals surface area contributed by atoms with Crippen molar-refractivity contribution in [2.45, 2.75) is 6.35 Å². The Labute approximate surface area is 77.0 Å². The molecule has 3 N–H and O–H groups in total. The highest BCUT2D eigenvalue weighted by Gasteiger charge is 2.34. The van der Waals surface area contributed by atoms with Gasteiger partial charge in [-0.1, -0.05) is 0 Å². The summed E-state index contributed by atoms with van der Waals surface area (Å²) < 4.78 is 5.11. The SMILES string of the molecule is O=c1[nH]c2c(c(=O)[nH]1)N1C=COC1N2. The van der Waals surface area contributed by atoms with Crippen molar-refractivity contribution in [1.29, 1.82) is 0 Å². The molecule has 2 aliphatic rings. The van der Waals surface area contributed by atoms with Gasteiger partial charge < -0.3 is 10.1 Å². The first-order valence-corrected chi connectivity index (χ1v) is 3.99. The maximum absolute atomic E-state index is 11.4. The average molecular weight is 194 g/mol. The first-order valence-electron chi connectivity index (χ1n) is 3.99. The third-order valence-electron chi connectivity index (χ3n) is 2.13. The van der Waals surface area contributed by atoms with E-state index in [1.807, 2.05) is 0 Å². The van der Waals surface area contributed by atoms with E-state index >= 15 is 0 Å². The fourth-order valence-corrected chi connectivity index (χ4v) is 1.57. The molecular weight excluding hydrogens is 188 g/mol. The van der Waals surface area contributed by atoms with E-state index in [4.69, 9.17) is 4.74 Å². The van der Waals surface area contributed by atoms with Crippen molar-refractivity contribution >= 4 is 11.5 Å². The summed E-state index contributed by atoms with van der Waals surface area (Å²) in [6.45, 7) is 0. The summed E-state index contributed by atoms with van der Waals surface area (Å²) in [7, 11) is 0. The van der Waals surface area contributed by atoms with Crippen LogP contribution in [0.2, 0.25) is 0 Å². The molecule has 1 unspecified atom stereocenters. The fraction of sp³-hybridized carbons (Fsp3) is 0.143. The molecular formula is C7H6N4O3. The van der Waals surface area contributed by atoms with E-state index in [0.717, 1.165) is 0 Å². The van der Waals surface area contributed by atoms with Crippen LogP contribution in [0.25, 0.3) is 0 Å². The maximum atomic E-state index is 11.4. The van der Waals surface area contributed by atoms with Crippen LogP contribution in [-0.2, 0) is 4.74 Å². The minimum atomic E-state index is -0.536. The Morgan fingerprint density at radius 1 is 1.36 bits per heavy atom. The summed E-state index contributed by atoms with van der Waals surface area (Å²) in [6, 6.07) is 0. The monoisotopic (exact) mass is 194 g/mol. The normalized spacial score (nSPS) is 21.4. The van der Waals surface area contributed by atoms with Crippen molar-refractivity contribution in [3.8, 4) is 0 Å². The first-order chi connectivity index (χ1) is 6.75. The van der Waals surface area contributed by atoms with Crippen LogP contribution < -0.4 is 21.5 Å². The summed E-state index contributed by atoms with van der Waals surface area (Å²) in [5.74, 6) is 0.383. The fourth-order valence-electron chi connectivity index (χ4n) is 1.57. The minimum absolute atomic E-state index is 0.364. The Morgan fingerprint density at radius 3 is 3.07 bits per heavy atom. The number of H-pyrrole nitrogens is 2. The van der Waals surface area contributed by atoms with Gasteiger partial charge in [0.05, 0.1) is 0 Å². The molecule has 1 aromatic heterocycles. The topological polar surface area (TPSA) is 90.2 Å². The summed E-state index contributed by atoms with van der Waals surface area (Å²) in [4.78, 5) is 28.6. The van der Waals surface area contributed by atoms with Gasteiger partial charge in [-0.05, 0) is 0 Å². The van der Waals surface area contributed by atoms with Gasteiger partial charge in [-0.25, -0.2) is 4.79 Å². The molecule has 0 radical (unpaired) electrons. The molecule has 2 aliphatic heterocycles. The zero-order valence-corrected chi connectivity index (χ0v) is 6.90. The molecule has 0 fully saturated rings. The van der Waals surface area contributed by atoms with Gasteiger partial charge in [0.25, 0.3) is 11.9 Å². The van der Waals surface area contributed by atoms with Crippen molar-refractivity contribution in [2.24, 2.45) is 0 Å². The molecule has 72 valence electrons. The summed E-state index contributed by atoms with van der Waals surface area (Å²) in [6.07, 6.45) is 2.67. The van der Waals surface area contributed by atoms with E-state index in [2.05, 4.69) is 15.3 Å². The Balaban J connectivity index is 2.29. The quantitative estimate of drug-likeness (QED) is 0.497. The van der Waals surface area contributed by atoms with Gasteiger partial charge in [0.15, 0.2) is 5.69 Å². The maximum Gasteiger partial charge on any atom is 0.327 e. The highest BCUT2D eigenvalue weighted by atomic mass is 16.5. The van der Waals surface area contributed by atoms with Gasteiger partial charge in [-0.15, -0.1) is 0 Å². The minimum Gasteiger partial charge on any atom is -0.458 e. The first kappa shape index (κ1) is 7.25. The molecule has 7 nitrogen and oxygen atoms in total. The highest BCUT2D eigenvalue weighted by Crippen LogP contribution is 2.31. The molecule has 3 heterocycles. The number of hydrogen-bond donors (Lipinski definition) is 3. The lowest BCUT2D eigenvalue weighted by molar-refractivity contribution is 0.202. The van der Waals surface area contributed by atoms with Crippen molar-refractivity contribution in [3.63, 3.8) is 0 Å². The Morgan fingerprint density at radius 2 is 2.21 bits per heavy atom. The number of aromatic amines is 2. The van der Waals surface area contributed by atoms with Crippen LogP contribution in [0.3, 0.4) is 0 Å². The van der Waals surface area contributed by atoms with Crippen LogP contribution in [0.5, 0.6) is 0 Å². The van der Waals surface area contributed by atoms with Crippen LogP contribution in [0, 0.1) is 0 Å². The standard InChI is InChI=1S/C7H6N4O3/c12-5-3-4(8-6(13)10-5)9-7-11(3)1-2-14-7/h1-2,7H,(H3,8,9,10,12,13). The molecule has 0 saturated carbocycles. The van der Waals surface area contributed by atoms with Gasteiger partial charge in [-0.2, -0.15) is 0 Å². The molecule has 0 amide bonds. The number of rotatable bonds is 0. The van der Waals surface area contributed by atoms with Gasteiger partial charge in [0.2, 0.25) is 0 Å². The van der Waals surface area contributed by atoms with Crippen LogP contribution >= 0.6 is 0 Å². The van der Waals surface area contributed by atoms with Crippen LogP contribution in [0.4, 0.5) is 11.5 Å². The Hall–Kier alpha value is -2.18. The largest absolute Gasteiger partial charge is 0.458 e. The van der Waals surface area contributed by atoms with E-state index in [-0.39, 0.29) is 0 Å². The van der Waals surface area contributed by atoms with E-state index in [1.165, 1.54) is 6.26 Å². The van der Waals surface area contributed by atoms with Crippen LogP contribution in [0.1, 0.15) is 0 Å². The van der Waals surface area contributed by atoms with E-state index < -0.39 is 17.6 Å². The van der Waals surface area contributed by atoms with Crippen molar-refractivity contribution in [2.75, 3.05) is 10.2 Å². The van der Waals surface area contributed by atoms with E-state index in [0.29, 0.717) is 11.5 Å². The molecule has 1 aromatic rings. The predicted molar refractivity (Wildman–Crippen MR) is 47.8 cm³/mol. The second-order valence-corrected chi connectivity index (χ2v) is 2.96. The van der Waals surface area contributed by atoms with E-state index in [9.17, 15) is 9.59 Å². The molecule has 0 saturated heterocycles. The van der Waals surface area contributed by atoms with Crippen molar-refractivity contribution in [3.05, 3.63) is 33.3 Å². The zero-order chi connectivity index (χ0) is 9.71. The molecule has 14 heavy (non-hydrogen) atoms. The van der Waals surface area contributed by atoms with Crippen LogP contribution in [0.15, 0.2) is 22.1 Å². The lowest BCUT2D eigenvalue weighted by Crippen LogP contribution is -2.30. The lowest BCUT2D eigenvalue weighted by atomic mass is 10.4. The van der Waals surface area contributed by atoms with E-state index in [1.54, 1.807) is 11.1 Å². The Kier molecular flexibility index (Phi) is 1.13. The number of aromatic nitrogens is 2. The lowest BCUT2D eigenvalue weighted by Gasteiger charge is -2.12. The summed E-state index contributed by atoms with van der Waals surface area (Å²) in [5.41, 5.74) is -0.608.